The molecular formula is C35H38N4O2. The second-order valence-electron chi connectivity index (χ2n) is 10.3. The van der Waals surface area contributed by atoms with Crippen LogP contribution in [-0.4, -0.2) is 24.9 Å². The second kappa shape index (κ2) is 14.0. The van der Waals surface area contributed by atoms with Crippen LogP contribution in [0.3, 0.4) is 0 Å². The normalized spacial score (nSPS) is 12.8. The number of benzene rings is 3. The summed E-state index contributed by atoms with van der Waals surface area (Å²) in [6.45, 7) is 6.80. The van der Waals surface area contributed by atoms with Crippen LogP contribution in [0.5, 0.6) is 0 Å². The van der Waals surface area contributed by atoms with Gasteiger partial charge in [0.2, 0.25) is 5.91 Å². The summed E-state index contributed by atoms with van der Waals surface area (Å²) in [5.74, 6) is -0.368. The van der Waals surface area contributed by atoms with E-state index in [1.165, 1.54) is 11.1 Å². The van der Waals surface area contributed by atoms with Gasteiger partial charge in [-0.2, -0.15) is 0 Å². The third kappa shape index (κ3) is 8.08. The molecule has 0 fully saturated rings. The lowest BCUT2D eigenvalue weighted by molar-refractivity contribution is -0.116. The fourth-order valence-corrected chi connectivity index (χ4v) is 4.78. The molecular weight excluding hydrogens is 508 g/mol. The van der Waals surface area contributed by atoms with Gasteiger partial charge in [-0.1, -0.05) is 72.3 Å². The van der Waals surface area contributed by atoms with Gasteiger partial charge in [0.1, 0.15) is 0 Å². The highest BCUT2D eigenvalue weighted by molar-refractivity contribution is 6.07. The first-order valence-electron chi connectivity index (χ1n) is 13.9. The standard InChI is InChI=1S/C35H38N4O2/c1-24(2)22-28(35(41)39-33-15-9-8-14-32(33)36)17-16-25(3)37-20-21-38-34(40)23-31-29-12-6-4-10-26(29)18-19-27-11-5-7-13-30(27)31/h4-17,22-23,37H,18-21,36H2,1-3H3,(H,38,40)(H,39,41)/b25-16+,28-17+. The fourth-order valence-electron chi connectivity index (χ4n) is 4.78. The molecule has 0 aliphatic heterocycles. The molecule has 0 saturated heterocycles. The van der Waals surface area contributed by atoms with Gasteiger partial charge in [-0.25, -0.2) is 0 Å². The summed E-state index contributed by atoms with van der Waals surface area (Å²) in [6, 6.07) is 23.8. The van der Waals surface area contributed by atoms with Gasteiger partial charge in [-0.05, 0) is 85.7 Å². The summed E-state index contributed by atoms with van der Waals surface area (Å²) >= 11 is 0. The third-order valence-corrected chi connectivity index (χ3v) is 6.81. The molecule has 5 N–H and O–H groups in total. The molecule has 1 aliphatic carbocycles. The SMILES string of the molecule is CC(C)=C/C(=C\C=C(/C)NCCNC(=O)C=C1c2ccccc2CCc2ccccc21)C(=O)Nc1ccccc1N. The molecule has 0 heterocycles. The van der Waals surface area contributed by atoms with E-state index in [1.54, 1.807) is 24.3 Å². The molecule has 0 saturated carbocycles. The Bertz CT molecular complexity index is 1490. The highest BCUT2D eigenvalue weighted by atomic mass is 16.2. The van der Waals surface area contributed by atoms with E-state index in [9.17, 15) is 9.59 Å². The minimum Gasteiger partial charge on any atom is -0.397 e. The Hall–Kier alpha value is -4.84. The molecule has 0 unspecified atom stereocenters. The molecule has 6 nitrogen and oxygen atoms in total. The van der Waals surface area contributed by atoms with Crippen LogP contribution in [0.15, 0.2) is 114 Å². The number of anilines is 2. The van der Waals surface area contributed by atoms with Crippen molar-refractivity contribution in [2.24, 2.45) is 0 Å². The number of amides is 2. The number of nitrogens with two attached hydrogens (primary N) is 1. The average molecular weight is 547 g/mol. The van der Waals surface area contributed by atoms with Crippen molar-refractivity contribution < 1.29 is 9.59 Å². The largest absolute Gasteiger partial charge is 0.397 e. The molecule has 3 aromatic carbocycles. The number of allylic oxidation sites excluding steroid dienone is 4. The quantitative estimate of drug-likeness (QED) is 0.116. The maximum atomic E-state index is 13.0. The summed E-state index contributed by atoms with van der Waals surface area (Å²) < 4.78 is 0. The molecule has 3 aromatic rings. The zero-order valence-electron chi connectivity index (χ0n) is 24.0. The molecule has 6 heteroatoms. The van der Waals surface area contributed by atoms with Gasteiger partial charge in [0.05, 0.1) is 11.4 Å². The summed E-state index contributed by atoms with van der Waals surface area (Å²) in [4.78, 5) is 25.9. The van der Waals surface area contributed by atoms with E-state index >= 15 is 0 Å². The number of rotatable bonds is 9. The molecule has 0 spiro atoms. The van der Waals surface area contributed by atoms with Crippen LogP contribution in [-0.2, 0) is 22.4 Å². The van der Waals surface area contributed by atoms with Crippen LogP contribution in [0.2, 0.25) is 0 Å². The lowest BCUT2D eigenvalue weighted by Gasteiger charge is -2.12. The van der Waals surface area contributed by atoms with Crippen molar-refractivity contribution in [2.75, 3.05) is 24.1 Å². The molecule has 0 radical (unpaired) electrons. The first-order chi connectivity index (χ1) is 19.8. The van der Waals surface area contributed by atoms with Crippen LogP contribution in [0.4, 0.5) is 11.4 Å². The predicted molar refractivity (Wildman–Crippen MR) is 169 cm³/mol. The number of hydrogen-bond donors (Lipinski definition) is 4. The topological polar surface area (TPSA) is 96.2 Å². The van der Waals surface area contributed by atoms with Crippen LogP contribution in [0.25, 0.3) is 5.57 Å². The summed E-state index contributed by atoms with van der Waals surface area (Å²) in [6.07, 6.45) is 9.08. The minimum atomic E-state index is -0.241. The molecule has 41 heavy (non-hydrogen) atoms. The van der Waals surface area contributed by atoms with Crippen molar-refractivity contribution in [3.63, 3.8) is 0 Å². The number of carbonyl (C=O) groups excluding carboxylic acids is 2. The van der Waals surface area contributed by atoms with Gasteiger partial charge in [0, 0.05) is 30.4 Å². The monoisotopic (exact) mass is 546 g/mol. The van der Waals surface area contributed by atoms with E-state index in [0.29, 0.717) is 30.0 Å². The number of nitrogen functional groups attached to an aromatic ring is 1. The Morgan fingerprint density at radius 1 is 0.780 bits per heavy atom. The van der Waals surface area contributed by atoms with E-state index in [4.69, 9.17) is 5.73 Å². The van der Waals surface area contributed by atoms with Gasteiger partial charge in [-0.3, -0.25) is 9.59 Å². The Kier molecular flexibility index (Phi) is 9.94. The summed E-state index contributed by atoms with van der Waals surface area (Å²) in [7, 11) is 0. The first-order valence-corrected chi connectivity index (χ1v) is 13.9. The molecule has 0 atom stereocenters. The van der Waals surface area contributed by atoms with Crippen molar-refractivity contribution in [3.05, 3.63) is 136 Å². The molecule has 210 valence electrons. The lowest BCUT2D eigenvalue weighted by atomic mass is 9.93. The number of carbonyl (C=O) groups is 2. The summed E-state index contributed by atoms with van der Waals surface area (Å²) in [5, 5.41) is 9.18. The predicted octanol–water partition coefficient (Wildman–Crippen LogP) is 5.94. The average Bonchev–Trinajstić information content (AvgIpc) is 3.11. The van der Waals surface area contributed by atoms with Crippen molar-refractivity contribution in [1.29, 1.82) is 0 Å². The highest BCUT2D eigenvalue weighted by Crippen LogP contribution is 2.33. The number of fused-ring (bicyclic) bond motifs is 2. The first kappa shape index (κ1) is 29.2. The minimum absolute atomic E-state index is 0.127. The molecule has 4 rings (SSSR count). The number of para-hydroxylation sites is 2. The van der Waals surface area contributed by atoms with Crippen molar-refractivity contribution in [1.82, 2.24) is 10.6 Å². The third-order valence-electron chi connectivity index (χ3n) is 6.81. The van der Waals surface area contributed by atoms with E-state index in [-0.39, 0.29) is 11.8 Å². The van der Waals surface area contributed by atoms with E-state index in [0.717, 1.165) is 40.8 Å². The highest BCUT2D eigenvalue weighted by Gasteiger charge is 2.18. The Morgan fingerprint density at radius 3 is 2.00 bits per heavy atom. The van der Waals surface area contributed by atoms with Gasteiger partial charge < -0.3 is 21.7 Å². The van der Waals surface area contributed by atoms with Crippen LogP contribution in [0.1, 0.15) is 43.0 Å². The van der Waals surface area contributed by atoms with Gasteiger partial charge in [0.15, 0.2) is 0 Å². The van der Waals surface area contributed by atoms with Gasteiger partial charge in [-0.15, -0.1) is 0 Å². The number of nitrogens with one attached hydrogen (secondary N) is 3. The van der Waals surface area contributed by atoms with Crippen LogP contribution < -0.4 is 21.7 Å². The van der Waals surface area contributed by atoms with Gasteiger partial charge >= 0.3 is 0 Å². The molecule has 0 aromatic heterocycles. The maximum Gasteiger partial charge on any atom is 0.255 e. The van der Waals surface area contributed by atoms with Crippen LogP contribution >= 0.6 is 0 Å². The molecule has 1 aliphatic rings. The summed E-state index contributed by atoms with van der Waals surface area (Å²) in [5.41, 5.74) is 15.1. The Balaban J connectivity index is 1.38. The smallest absolute Gasteiger partial charge is 0.255 e. The second-order valence-corrected chi connectivity index (χ2v) is 10.3. The van der Waals surface area contributed by atoms with Gasteiger partial charge in [0.25, 0.3) is 5.91 Å². The van der Waals surface area contributed by atoms with Crippen molar-refractivity contribution in [2.45, 2.75) is 33.6 Å². The molecule has 0 bridgehead atoms. The maximum absolute atomic E-state index is 13.0. The van der Waals surface area contributed by atoms with E-state index < -0.39 is 0 Å². The number of aryl methyl sites for hydroxylation is 2. The lowest BCUT2D eigenvalue weighted by Crippen LogP contribution is -2.30. The van der Waals surface area contributed by atoms with Crippen molar-refractivity contribution >= 4 is 28.8 Å². The molecule has 2 amide bonds. The van der Waals surface area contributed by atoms with Crippen molar-refractivity contribution in [3.8, 4) is 0 Å². The van der Waals surface area contributed by atoms with E-state index in [2.05, 4.69) is 52.3 Å². The fraction of sp³-hybridized carbons (Fsp3) is 0.200. The van der Waals surface area contributed by atoms with Crippen LogP contribution in [0, 0.1) is 0 Å². The Morgan fingerprint density at radius 2 is 1.37 bits per heavy atom. The zero-order chi connectivity index (χ0) is 29.2. The number of hydrogen-bond acceptors (Lipinski definition) is 4. The van der Waals surface area contributed by atoms with E-state index in [1.807, 2.05) is 57.2 Å². The zero-order valence-corrected chi connectivity index (χ0v) is 24.0. The Labute approximate surface area is 242 Å².